The Balaban J connectivity index is 2.44. The van der Waals surface area contributed by atoms with E-state index in [2.05, 4.69) is 37.5 Å². The molecule has 0 aromatic rings. The van der Waals surface area contributed by atoms with Gasteiger partial charge in [-0.3, -0.25) is 4.90 Å². The van der Waals surface area contributed by atoms with Crippen molar-refractivity contribution in [3.05, 3.63) is 0 Å². The predicted octanol–water partition coefficient (Wildman–Crippen LogP) is 3.30. The van der Waals surface area contributed by atoms with Crippen LogP contribution in [0.4, 0.5) is 0 Å². The standard InChI is InChI=1S/C14H25N/c1-14(2,3)13-15-11-9-7-5-4-6-8-10-12-15/h4-7,9,11-13H2,1-3H3. The fourth-order valence-corrected chi connectivity index (χ4v) is 2.04. The largest absolute Gasteiger partial charge is 0.292 e. The van der Waals surface area contributed by atoms with Gasteiger partial charge < -0.3 is 0 Å². The minimum Gasteiger partial charge on any atom is -0.292 e. The molecule has 86 valence electrons. The molecule has 1 aliphatic heterocycles. The Morgan fingerprint density at radius 3 is 2.47 bits per heavy atom. The van der Waals surface area contributed by atoms with Crippen LogP contribution in [-0.2, 0) is 0 Å². The first-order chi connectivity index (χ1) is 7.08. The highest BCUT2D eigenvalue weighted by atomic mass is 15.1. The SMILES string of the molecule is CC(C)(C)CN1CC#CCCCCCC1. The molecule has 0 fully saturated rings. The monoisotopic (exact) mass is 207 g/mol. The molecule has 0 amide bonds. The Morgan fingerprint density at radius 2 is 1.73 bits per heavy atom. The Kier molecular flexibility index (Phi) is 5.19. The van der Waals surface area contributed by atoms with Crippen LogP contribution in [-0.4, -0.2) is 24.5 Å². The summed E-state index contributed by atoms with van der Waals surface area (Å²) >= 11 is 0. The second kappa shape index (κ2) is 6.18. The highest BCUT2D eigenvalue weighted by Gasteiger charge is 2.15. The number of nitrogens with zero attached hydrogens (tertiary/aromatic N) is 1. The molecule has 0 saturated heterocycles. The van der Waals surface area contributed by atoms with Crippen LogP contribution >= 0.6 is 0 Å². The van der Waals surface area contributed by atoms with Crippen LogP contribution in [0.3, 0.4) is 0 Å². The van der Waals surface area contributed by atoms with E-state index < -0.39 is 0 Å². The summed E-state index contributed by atoms with van der Waals surface area (Å²) in [6.07, 6.45) is 6.48. The summed E-state index contributed by atoms with van der Waals surface area (Å²) in [5.41, 5.74) is 0.395. The average molecular weight is 207 g/mol. The highest BCUT2D eigenvalue weighted by Crippen LogP contribution is 2.16. The van der Waals surface area contributed by atoms with E-state index in [1.54, 1.807) is 0 Å². The van der Waals surface area contributed by atoms with Crippen LogP contribution in [0.2, 0.25) is 0 Å². The van der Waals surface area contributed by atoms with Crippen LogP contribution in [0.5, 0.6) is 0 Å². The number of hydrogen-bond donors (Lipinski definition) is 0. The van der Waals surface area contributed by atoms with E-state index in [0.717, 1.165) is 13.0 Å². The summed E-state index contributed by atoms with van der Waals surface area (Å²) in [5.74, 6) is 6.58. The third kappa shape index (κ3) is 6.57. The van der Waals surface area contributed by atoms with Gasteiger partial charge in [0.2, 0.25) is 0 Å². The van der Waals surface area contributed by atoms with Gasteiger partial charge in [-0.25, -0.2) is 0 Å². The van der Waals surface area contributed by atoms with Crippen molar-refractivity contribution in [2.24, 2.45) is 5.41 Å². The fourth-order valence-electron chi connectivity index (χ4n) is 2.04. The summed E-state index contributed by atoms with van der Waals surface area (Å²) in [6.45, 7) is 10.3. The van der Waals surface area contributed by atoms with Crippen molar-refractivity contribution < 1.29 is 0 Å². The van der Waals surface area contributed by atoms with E-state index in [9.17, 15) is 0 Å². The maximum Gasteiger partial charge on any atom is 0.0601 e. The molecule has 1 heteroatoms. The van der Waals surface area contributed by atoms with Crippen molar-refractivity contribution in [2.45, 2.75) is 52.9 Å². The zero-order valence-electron chi connectivity index (χ0n) is 10.6. The molecule has 0 radical (unpaired) electrons. The maximum absolute atomic E-state index is 3.30. The van der Waals surface area contributed by atoms with Crippen molar-refractivity contribution in [1.82, 2.24) is 4.90 Å². The van der Waals surface area contributed by atoms with Crippen LogP contribution in [0.25, 0.3) is 0 Å². The van der Waals surface area contributed by atoms with E-state index in [-0.39, 0.29) is 0 Å². The molecule has 0 N–H and O–H groups in total. The Morgan fingerprint density at radius 1 is 1.00 bits per heavy atom. The van der Waals surface area contributed by atoms with E-state index >= 15 is 0 Å². The van der Waals surface area contributed by atoms with Gasteiger partial charge in [0.25, 0.3) is 0 Å². The smallest absolute Gasteiger partial charge is 0.0601 e. The van der Waals surface area contributed by atoms with Crippen LogP contribution in [0.1, 0.15) is 52.9 Å². The van der Waals surface area contributed by atoms with Crippen molar-refractivity contribution in [3.8, 4) is 11.8 Å². The van der Waals surface area contributed by atoms with Gasteiger partial charge in [-0.2, -0.15) is 0 Å². The normalized spacial score (nSPS) is 20.5. The lowest BCUT2D eigenvalue weighted by molar-refractivity contribution is 0.206. The summed E-state index contributed by atoms with van der Waals surface area (Å²) in [6, 6.07) is 0. The first-order valence-corrected chi connectivity index (χ1v) is 6.26. The molecule has 0 unspecified atom stereocenters. The molecule has 0 atom stereocenters. The maximum atomic E-state index is 3.30. The van der Waals surface area contributed by atoms with E-state index in [1.165, 1.54) is 38.8 Å². The Hall–Kier alpha value is -0.480. The zero-order chi connectivity index (χ0) is 11.1. The van der Waals surface area contributed by atoms with Crippen molar-refractivity contribution in [3.63, 3.8) is 0 Å². The second-order valence-electron chi connectivity index (χ2n) is 5.79. The first kappa shape index (κ1) is 12.6. The minimum absolute atomic E-state index is 0.395. The molecule has 1 heterocycles. The number of rotatable bonds is 1. The van der Waals surface area contributed by atoms with Gasteiger partial charge in [0.15, 0.2) is 0 Å². The van der Waals surface area contributed by atoms with Crippen LogP contribution in [0.15, 0.2) is 0 Å². The highest BCUT2D eigenvalue weighted by molar-refractivity contribution is 5.01. The predicted molar refractivity (Wildman–Crippen MR) is 66.8 cm³/mol. The van der Waals surface area contributed by atoms with E-state index in [0.29, 0.717) is 5.41 Å². The molecule has 0 aromatic carbocycles. The fraction of sp³-hybridized carbons (Fsp3) is 0.857. The Bertz CT molecular complexity index is 226. The van der Waals surface area contributed by atoms with Crippen LogP contribution < -0.4 is 0 Å². The number of hydrogen-bond acceptors (Lipinski definition) is 1. The quantitative estimate of drug-likeness (QED) is 0.596. The second-order valence-corrected chi connectivity index (χ2v) is 5.79. The summed E-state index contributed by atoms with van der Waals surface area (Å²) in [5, 5.41) is 0. The molecule has 1 nitrogen and oxygen atoms in total. The molecular formula is C14H25N. The van der Waals surface area contributed by atoms with Gasteiger partial charge in [0, 0.05) is 13.0 Å². The summed E-state index contributed by atoms with van der Waals surface area (Å²) < 4.78 is 0. The lowest BCUT2D eigenvalue weighted by atomic mass is 9.96. The van der Waals surface area contributed by atoms with E-state index in [4.69, 9.17) is 0 Å². The van der Waals surface area contributed by atoms with Gasteiger partial charge in [-0.05, 0) is 24.8 Å². The molecule has 15 heavy (non-hydrogen) atoms. The Labute approximate surface area is 95.2 Å². The molecule has 0 aliphatic carbocycles. The molecule has 0 saturated carbocycles. The van der Waals surface area contributed by atoms with Gasteiger partial charge in [-0.1, -0.05) is 39.5 Å². The minimum atomic E-state index is 0.395. The third-order valence-corrected chi connectivity index (χ3v) is 2.65. The lowest BCUT2D eigenvalue weighted by Gasteiger charge is -2.28. The molecular weight excluding hydrogens is 182 g/mol. The molecule has 0 aromatic heterocycles. The molecule has 0 spiro atoms. The van der Waals surface area contributed by atoms with Crippen molar-refractivity contribution in [1.29, 1.82) is 0 Å². The lowest BCUT2D eigenvalue weighted by Crippen LogP contribution is -2.34. The summed E-state index contributed by atoms with van der Waals surface area (Å²) in [4.78, 5) is 2.51. The van der Waals surface area contributed by atoms with Crippen molar-refractivity contribution >= 4 is 0 Å². The average Bonchev–Trinajstić information content (AvgIpc) is 2.13. The topological polar surface area (TPSA) is 3.24 Å². The van der Waals surface area contributed by atoms with Gasteiger partial charge in [0.1, 0.15) is 0 Å². The molecule has 1 rings (SSSR count). The summed E-state index contributed by atoms with van der Waals surface area (Å²) in [7, 11) is 0. The van der Waals surface area contributed by atoms with Gasteiger partial charge in [0.05, 0.1) is 6.54 Å². The van der Waals surface area contributed by atoms with Gasteiger partial charge in [-0.15, -0.1) is 5.92 Å². The van der Waals surface area contributed by atoms with Crippen molar-refractivity contribution in [2.75, 3.05) is 19.6 Å². The molecule has 1 aliphatic rings. The zero-order valence-corrected chi connectivity index (χ0v) is 10.6. The molecule has 0 bridgehead atoms. The van der Waals surface area contributed by atoms with E-state index in [1.807, 2.05) is 0 Å². The first-order valence-electron chi connectivity index (χ1n) is 6.26. The third-order valence-electron chi connectivity index (χ3n) is 2.65. The van der Waals surface area contributed by atoms with Gasteiger partial charge >= 0.3 is 0 Å². The van der Waals surface area contributed by atoms with Crippen LogP contribution in [0, 0.1) is 17.3 Å².